The summed E-state index contributed by atoms with van der Waals surface area (Å²) in [4.78, 5) is 11.4. The molecule has 1 amide bonds. The summed E-state index contributed by atoms with van der Waals surface area (Å²) in [5, 5.41) is 61.9. The minimum atomic E-state index is -1.97. The molecule has 3 fully saturated rings. The first-order chi connectivity index (χ1) is 16.8. The van der Waals surface area contributed by atoms with Crippen molar-refractivity contribution in [2.24, 2.45) is 34.4 Å². The van der Waals surface area contributed by atoms with Gasteiger partial charge in [0.15, 0.2) is 18.7 Å². The summed E-state index contributed by atoms with van der Waals surface area (Å²) >= 11 is 0. The minimum absolute atomic E-state index is 0.0463. The zero-order valence-electron chi connectivity index (χ0n) is 19.3. The van der Waals surface area contributed by atoms with Crippen molar-refractivity contribution in [3.63, 3.8) is 0 Å². The van der Waals surface area contributed by atoms with E-state index in [1.54, 1.807) is 0 Å². The number of hydrogen-bond acceptors (Lipinski definition) is 16. The predicted molar refractivity (Wildman–Crippen MR) is 118 cm³/mol. The molecule has 210 valence electrons. The summed E-state index contributed by atoms with van der Waals surface area (Å²) in [7, 11) is 0. The van der Waals surface area contributed by atoms with Crippen molar-refractivity contribution in [1.29, 1.82) is 0 Å². The number of amides is 1. The molecule has 17 heteroatoms. The van der Waals surface area contributed by atoms with E-state index >= 15 is 0 Å². The van der Waals surface area contributed by atoms with E-state index < -0.39 is 104 Å². The van der Waals surface area contributed by atoms with Crippen LogP contribution in [0.25, 0.3) is 0 Å². The third kappa shape index (κ3) is 5.65. The third-order valence-electron chi connectivity index (χ3n) is 6.92. The van der Waals surface area contributed by atoms with Crippen LogP contribution in [-0.2, 0) is 23.7 Å². The standard InChI is InChI=1S/C19H38N6O11/c20-2-5-8(26)9(27)7(24)18(33-5)34-14-3(21)1-4(22)15(12(14)30)35-19-11(29)6(23)10(28)16(36-19)13(31)17(25)32/h3-16,18-19,26-31H,1-2,20-24H2,(H2,25,32)/t3-,4+,5+,6-,7+,8+,9+,10-,11+,12-,13?,14+,15-,16-,18+,19-/m0/s1. The number of nitrogens with two attached hydrogens (primary N) is 6. The first-order valence-electron chi connectivity index (χ1n) is 11.5. The first-order valence-corrected chi connectivity index (χ1v) is 11.5. The van der Waals surface area contributed by atoms with E-state index in [0.29, 0.717) is 0 Å². The molecule has 1 aliphatic carbocycles. The van der Waals surface area contributed by atoms with Crippen molar-refractivity contribution in [3.8, 4) is 0 Å². The van der Waals surface area contributed by atoms with E-state index in [1.165, 1.54) is 0 Å². The van der Waals surface area contributed by atoms with Gasteiger partial charge in [0.2, 0.25) is 5.91 Å². The lowest BCUT2D eigenvalue weighted by Crippen LogP contribution is -2.70. The number of primary amides is 1. The van der Waals surface area contributed by atoms with Gasteiger partial charge >= 0.3 is 0 Å². The van der Waals surface area contributed by atoms with Gasteiger partial charge in [-0.3, -0.25) is 4.79 Å². The molecule has 2 aliphatic heterocycles. The maximum absolute atomic E-state index is 11.4. The van der Waals surface area contributed by atoms with Crippen molar-refractivity contribution < 1.29 is 54.4 Å². The van der Waals surface area contributed by atoms with E-state index in [9.17, 15) is 35.4 Å². The smallest absolute Gasteiger partial charge is 0.249 e. The molecule has 18 N–H and O–H groups in total. The number of aliphatic hydroxyl groups is 6. The molecule has 1 unspecified atom stereocenters. The normalized spacial score (nSPS) is 51.0. The van der Waals surface area contributed by atoms with Crippen molar-refractivity contribution in [3.05, 3.63) is 0 Å². The lowest BCUT2D eigenvalue weighted by Gasteiger charge is -2.48. The summed E-state index contributed by atoms with van der Waals surface area (Å²) in [6.45, 7) is -0.151. The van der Waals surface area contributed by atoms with Crippen LogP contribution >= 0.6 is 0 Å². The fourth-order valence-electron chi connectivity index (χ4n) is 4.67. The Morgan fingerprint density at radius 2 is 1.36 bits per heavy atom. The van der Waals surface area contributed by atoms with E-state index in [2.05, 4.69) is 0 Å². The zero-order chi connectivity index (χ0) is 27.1. The highest BCUT2D eigenvalue weighted by Gasteiger charge is 2.52. The average molecular weight is 527 g/mol. The van der Waals surface area contributed by atoms with Crippen molar-refractivity contribution in [1.82, 2.24) is 0 Å². The Morgan fingerprint density at radius 1 is 0.806 bits per heavy atom. The molecule has 3 aliphatic rings. The van der Waals surface area contributed by atoms with Crippen molar-refractivity contribution in [2.75, 3.05) is 6.54 Å². The molecule has 0 aromatic rings. The zero-order valence-corrected chi connectivity index (χ0v) is 19.3. The van der Waals surface area contributed by atoms with Crippen LogP contribution in [0, 0.1) is 0 Å². The van der Waals surface area contributed by atoms with Gasteiger partial charge in [-0.1, -0.05) is 0 Å². The van der Waals surface area contributed by atoms with Crippen LogP contribution in [-0.4, -0.2) is 141 Å². The molecule has 0 radical (unpaired) electrons. The molecule has 16 atom stereocenters. The maximum Gasteiger partial charge on any atom is 0.249 e. The molecule has 17 nitrogen and oxygen atoms in total. The molecule has 2 heterocycles. The molecule has 0 bridgehead atoms. The van der Waals surface area contributed by atoms with E-state index in [0.717, 1.165) is 0 Å². The second-order valence-corrected chi connectivity index (χ2v) is 9.47. The Balaban J connectivity index is 1.75. The molecule has 2 saturated heterocycles. The summed E-state index contributed by atoms with van der Waals surface area (Å²) in [6.07, 6.45) is -17.7. The molecular formula is C19H38N6O11. The molecule has 36 heavy (non-hydrogen) atoms. The van der Waals surface area contributed by atoms with Crippen LogP contribution in [0.4, 0.5) is 0 Å². The highest BCUT2D eigenvalue weighted by atomic mass is 16.7. The quantitative estimate of drug-likeness (QED) is 0.146. The molecule has 1 saturated carbocycles. The Morgan fingerprint density at radius 3 is 1.89 bits per heavy atom. The molecule has 0 aromatic carbocycles. The number of aliphatic hydroxyl groups excluding tert-OH is 6. The lowest BCUT2D eigenvalue weighted by molar-refractivity contribution is -0.322. The molecule has 0 aromatic heterocycles. The number of ether oxygens (including phenoxy) is 4. The Kier molecular flexibility index (Phi) is 9.58. The minimum Gasteiger partial charge on any atom is -0.389 e. The van der Waals surface area contributed by atoms with Crippen molar-refractivity contribution >= 4 is 5.91 Å². The summed E-state index contributed by atoms with van der Waals surface area (Å²) < 4.78 is 22.4. The fraction of sp³-hybridized carbons (Fsp3) is 0.947. The highest BCUT2D eigenvalue weighted by Crippen LogP contribution is 2.31. The van der Waals surface area contributed by atoms with Gasteiger partial charge in [-0.25, -0.2) is 0 Å². The second kappa shape index (κ2) is 11.7. The monoisotopic (exact) mass is 526 g/mol. The van der Waals surface area contributed by atoms with E-state index in [1.807, 2.05) is 0 Å². The topological polar surface area (TPSA) is 331 Å². The van der Waals surface area contributed by atoms with Gasteiger partial charge in [0.25, 0.3) is 0 Å². The lowest BCUT2D eigenvalue weighted by atomic mass is 9.84. The van der Waals surface area contributed by atoms with Crippen LogP contribution in [0.2, 0.25) is 0 Å². The molecule has 0 spiro atoms. The third-order valence-corrected chi connectivity index (χ3v) is 6.92. The van der Waals surface area contributed by atoms with Crippen LogP contribution in [0.3, 0.4) is 0 Å². The highest BCUT2D eigenvalue weighted by molar-refractivity contribution is 5.79. The second-order valence-electron chi connectivity index (χ2n) is 9.47. The average Bonchev–Trinajstić information content (AvgIpc) is 2.83. The van der Waals surface area contributed by atoms with Crippen LogP contribution in [0.15, 0.2) is 0 Å². The number of hydrogen-bond donors (Lipinski definition) is 12. The van der Waals surface area contributed by atoms with E-state index in [-0.39, 0.29) is 13.0 Å². The fourth-order valence-corrected chi connectivity index (χ4v) is 4.67. The van der Waals surface area contributed by atoms with Gasteiger partial charge in [-0.2, -0.15) is 0 Å². The van der Waals surface area contributed by atoms with E-state index in [4.69, 9.17) is 53.3 Å². The van der Waals surface area contributed by atoms with Gasteiger partial charge in [0, 0.05) is 18.6 Å². The predicted octanol–water partition coefficient (Wildman–Crippen LogP) is -8.47. The summed E-state index contributed by atoms with van der Waals surface area (Å²) in [6, 6.07) is -4.38. The van der Waals surface area contributed by atoms with Gasteiger partial charge in [-0.15, -0.1) is 0 Å². The summed E-state index contributed by atoms with van der Waals surface area (Å²) in [5.41, 5.74) is 34.6. The maximum atomic E-state index is 11.4. The van der Waals surface area contributed by atoms with Gasteiger partial charge in [-0.05, 0) is 6.42 Å². The Labute approximate surface area is 206 Å². The number of carbonyl (C=O) groups excluding carboxylic acids is 1. The number of carbonyl (C=O) groups is 1. The largest absolute Gasteiger partial charge is 0.389 e. The Bertz CT molecular complexity index is 755. The molecular weight excluding hydrogens is 488 g/mol. The first kappa shape index (κ1) is 29.4. The van der Waals surface area contributed by atoms with Crippen LogP contribution in [0.1, 0.15) is 6.42 Å². The van der Waals surface area contributed by atoms with Gasteiger partial charge in [0.1, 0.15) is 54.9 Å². The van der Waals surface area contributed by atoms with Crippen molar-refractivity contribution in [2.45, 2.75) is 104 Å². The van der Waals surface area contributed by atoms with Gasteiger partial charge < -0.3 is 84.0 Å². The van der Waals surface area contributed by atoms with Gasteiger partial charge in [0.05, 0.1) is 12.1 Å². The van der Waals surface area contributed by atoms with Crippen LogP contribution in [0.5, 0.6) is 0 Å². The Hall–Kier alpha value is -1.13. The SMILES string of the molecule is NC[C@H]1O[C@H](O[C@H]2[C@H](O)[C@@H](O[C@H]3O[C@H](C(O)C(N)=O)[C@@H](O)[C@H](N)[C@H]3O)[C@H](N)C[C@@H]2N)[C@H](N)[C@@H](O)[C@@H]1O. The van der Waals surface area contributed by atoms with Crippen LogP contribution < -0.4 is 34.4 Å². The number of rotatable bonds is 7. The molecule has 3 rings (SSSR count). The summed E-state index contributed by atoms with van der Waals surface area (Å²) in [5.74, 6) is -1.21.